The van der Waals surface area contributed by atoms with Gasteiger partial charge in [-0.15, -0.1) is 0 Å². The van der Waals surface area contributed by atoms with E-state index < -0.39 is 0 Å². The highest BCUT2D eigenvalue weighted by molar-refractivity contribution is 5.47. The number of anilines is 1. The van der Waals surface area contributed by atoms with E-state index in [0.717, 1.165) is 26.2 Å². The van der Waals surface area contributed by atoms with Gasteiger partial charge in [-0.2, -0.15) is 0 Å². The predicted octanol–water partition coefficient (Wildman–Crippen LogP) is 2.08. The smallest absolute Gasteiger partial charge is 0.179 e. The van der Waals surface area contributed by atoms with Crippen LogP contribution in [-0.2, 0) is 0 Å². The molecule has 17 heavy (non-hydrogen) atoms. The van der Waals surface area contributed by atoms with E-state index in [0.29, 0.717) is 11.8 Å². The second-order valence-corrected chi connectivity index (χ2v) is 5.08. The Balaban J connectivity index is 1.68. The molecule has 0 saturated carbocycles. The molecule has 2 aliphatic rings. The highest BCUT2D eigenvalue weighted by Crippen LogP contribution is 2.34. The number of hydrogen-bond donors (Lipinski definition) is 1. The zero-order valence-electron chi connectivity index (χ0n) is 9.92. The molecule has 3 nitrogen and oxygen atoms in total. The average molecular weight is 230 g/mol. The molecule has 0 spiro atoms. The van der Waals surface area contributed by atoms with E-state index in [-0.39, 0.29) is 5.88 Å². The van der Waals surface area contributed by atoms with Crippen molar-refractivity contribution in [3.63, 3.8) is 0 Å². The first-order valence-electron chi connectivity index (χ1n) is 6.17. The number of benzene rings is 1. The minimum absolute atomic E-state index is 0.227. The minimum atomic E-state index is 0.227. The fraction of sp³-hybridized carbons (Fsp3) is 0.429. The van der Waals surface area contributed by atoms with Gasteiger partial charge < -0.3 is 14.9 Å². The molecule has 2 fully saturated rings. The number of rotatable bonds is 2. The van der Waals surface area contributed by atoms with Crippen LogP contribution in [0.2, 0.25) is 0 Å². The van der Waals surface area contributed by atoms with Crippen molar-refractivity contribution >= 4 is 5.69 Å². The van der Waals surface area contributed by atoms with E-state index >= 15 is 0 Å². The molecule has 1 N–H and O–H groups in total. The molecule has 2 saturated heterocycles. The first-order chi connectivity index (χ1) is 8.24. The lowest BCUT2D eigenvalue weighted by Crippen LogP contribution is -2.28. The highest BCUT2D eigenvalue weighted by atomic mass is 16.3. The van der Waals surface area contributed by atoms with Crippen LogP contribution in [0.25, 0.3) is 0 Å². The van der Waals surface area contributed by atoms with Gasteiger partial charge in [-0.3, -0.25) is 0 Å². The fourth-order valence-electron chi connectivity index (χ4n) is 3.05. The molecule has 0 aromatic heterocycles. The Hall–Kier alpha value is -1.64. The Morgan fingerprint density at radius 2 is 1.65 bits per heavy atom. The van der Waals surface area contributed by atoms with Crippen molar-refractivity contribution in [1.29, 1.82) is 0 Å². The van der Waals surface area contributed by atoms with E-state index in [1.807, 2.05) is 4.90 Å². The van der Waals surface area contributed by atoms with Crippen molar-refractivity contribution in [3.05, 3.63) is 42.8 Å². The van der Waals surface area contributed by atoms with Crippen molar-refractivity contribution in [1.82, 2.24) is 4.90 Å². The molecule has 2 aliphatic heterocycles. The van der Waals surface area contributed by atoms with Crippen LogP contribution in [0.4, 0.5) is 5.69 Å². The lowest BCUT2D eigenvalue weighted by Gasteiger charge is -2.23. The van der Waals surface area contributed by atoms with E-state index in [1.165, 1.54) is 5.69 Å². The van der Waals surface area contributed by atoms with Crippen LogP contribution in [0.3, 0.4) is 0 Å². The van der Waals surface area contributed by atoms with Crippen molar-refractivity contribution in [2.45, 2.75) is 0 Å². The van der Waals surface area contributed by atoms with Gasteiger partial charge in [0, 0.05) is 43.7 Å². The molecule has 3 rings (SSSR count). The molecule has 2 heterocycles. The number of likely N-dealkylation sites (tertiary alicyclic amines) is 1. The fourth-order valence-corrected chi connectivity index (χ4v) is 3.05. The van der Waals surface area contributed by atoms with E-state index in [4.69, 9.17) is 0 Å². The number of fused-ring (bicyclic) bond motifs is 1. The van der Waals surface area contributed by atoms with Crippen LogP contribution in [0, 0.1) is 11.8 Å². The standard InChI is InChI=1S/C14H18N2O/c1-11(17)15-7-12-9-16(10-13(12)8-15)14-5-3-2-4-6-14/h2-6,12-13,17H,1,7-10H2/t12-,13+. The van der Waals surface area contributed by atoms with Crippen LogP contribution < -0.4 is 4.90 Å². The number of aliphatic hydroxyl groups excluding tert-OH is 1. The van der Waals surface area contributed by atoms with Crippen LogP contribution in [0.5, 0.6) is 0 Å². The molecular weight excluding hydrogens is 212 g/mol. The van der Waals surface area contributed by atoms with Crippen LogP contribution >= 0.6 is 0 Å². The molecule has 2 atom stereocenters. The zero-order chi connectivity index (χ0) is 11.8. The molecule has 1 aromatic rings. The second-order valence-electron chi connectivity index (χ2n) is 5.08. The topological polar surface area (TPSA) is 26.7 Å². The van der Waals surface area contributed by atoms with Gasteiger partial charge in [0.25, 0.3) is 0 Å². The van der Waals surface area contributed by atoms with E-state index in [1.54, 1.807) is 0 Å². The van der Waals surface area contributed by atoms with Gasteiger partial charge in [0.15, 0.2) is 5.88 Å². The minimum Gasteiger partial charge on any atom is -0.495 e. The zero-order valence-corrected chi connectivity index (χ0v) is 9.92. The average Bonchev–Trinajstić information content (AvgIpc) is 2.87. The predicted molar refractivity (Wildman–Crippen MR) is 69.0 cm³/mol. The summed E-state index contributed by atoms with van der Waals surface area (Å²) in [5.41, 5.74) is 1.32. The Kier molecular flexibility index (Phi) is 2.46. The maximum absolute atomic E-state index is 9.41. The Morgan fingerprint density at radius 1 is 1.06 bits per heavy atom. The van der Waals surface area contributed by atoms with Crippen LogP contribution in [0.15, 0.2) is 42.8 Å². The van der Waals surface area contributed by atoms with Crippen molar-refractivity contribution in [2.24, 2.45) is 11.8 Å². The van der Waals surface area contributed by atoms with Crippen molar-refractivity contribution < 1.29 is 5.11 Å². The SMILES string of the molecule is C=C(O)N1C[C@@H]2CN(c3ccccc3)C[C@@H]2C1. The maximum Gasteiger partial charge on any atom is 0.179 e. The molecule has 90 valence electrons. The molecule has 0 amide bonds. The molecule has 0 radical (unpaired) electrons. The third-order valence-corrected chi connectivity index (χ3v) is 3.97. The van der Waals surface area contributed by atoms with Gasteiger partial charge in [-0.1, -0.05) is 18.2 Å². The molecule has 1 aromatic carbocycles. The first-order valence-corrected chi connectivity index (χ1v) is 6.17. The van der Waals surface area contributed by atoms with Crippen molar-refractivity contribution in [3.8, 4) is 0 Å². The van der Waals surface area contributed by atoms with Crippen molar-refractivity contribution in [2.75, 3.05) is 31.1 Å². The quantitative estimate of drug-likeness (QED) is 0.788. The highest BCUT2D eigenvalue weighted by Gasteiger charge is 2.40. The summed E-state index contributed by atoms with van der Waals surface area (Å²) in [6, 6.07) is 10.6. The number of hydrogen-bond acceptors (Lipinski definition) is 3. The van der Waals surface area contributed by atoms with Gasteiger partial charge in [0.05, 0.1) is 0 Å². The third kappa shape index (κ3) is 1.86. The third-order valence-electron chi connectivity index (χ3n) is 3.97. The monoisotopic (exact) mass is 230 g/mol. The van der Waals surface area contributed by atoms with Crippen LogP contribution in [0.1, 0.15) is 0 Å². The number of aliphatic hydroxyl groups is 1. The summed E-state index contributed by atoms with van der Waals surface area (Å²) in [5, 5.41) is 9.41. The first kappa shape index (κ1) is 10.5. The summed E-state index contributed by atoms with van der Waals surface area (Å²) in [7, 11) is 0. The Morgan fingerprint density at radius 3 is 2.18 bits per heavy atom. The molecular formula is C14H18N2O. The lowest BCUT2D eigenvalue weighted by atomic mass is 10.0. The summed E-state index contributed by atoms with van der Waals surface area (Å²) in [4.78, 5) is 4.45. The Labute approximate surface area is 102 Å². The maximum atomic E-state index is 9.41. The van der Waals surface area contributed by atoms with E-state index in [9.17, 15) is 5.11 Å². The van der Waals surface area contributed by atoms with Gasteiger partial charge >= 0.3 is 0 Å². The largest absolute Gasteiger partial charge is 0.495 e. The van der Waals surface area contributed by atoms with Gasteiger partial charge in [-0.25, -0.2) is 0 Å². The number of para-hydroxylation sites is 1. The Bertz CT molecular complexity index is 403. The molecule has 0 unspecified atom stereocenters. The normalized spacial score (nSPS) is 27.3. The van der Waals surface area contributed by atoms with Gasteiger partial charge in [0.1, 0.15) is 0 Å². The van der Waals surface area contributed by atoms with Crippen LogP contribution in [-0.4, -0.2) is 36.2 Å². The second kappa shape index (κ2) is 3.99. The van der Waals surface area contributed by atoms with E-state index in [2.05, 4.69) is 41.8 Å². The summed E-state index contributed by atoms with van der Waals surface area (Å²) >= 11 is 0. The summed E-state index contributed by atoms with van der Waals surface area (Å²) in [5.74, 6) is 1.56. The molecule has 0 aliphatic carbocycles. The molecule has 3 heteroatoms. The number of nitrogens with zero attached hydrogens (tertiary/aromatic N) is 2. The summed E-state index contributed by atoms with van der Waals surface area (Å²) < 4.78 is 0. The van der Waals surface area contributed by atoms with Gasteiger partial charge in [0.2, 0.25) is 0 Å². The van der Waals surface area contributed by atoms with Gasteiger partial charge in [-0.05, 0) is 18.7 Å². The summed E-state index contributed by atoms with van der Waals surface area (Å²) in [6.07, 6.45) is 0. The summed E-state index contributed by atoms with van der Waals surface area (Å²) in [6.45, 7) is 7.70. The molecule has 0 bridgehead atoms. The lowest BCUT2D eigenvalue weighted by molar-refractivity contribution is 0.226.